The Balaban J connectivity index is 0.000000318. The van der Waals surface area contributed by atoms with Gasteiger partial charge in [0.1, 0.15) is 0 Å². The normalized spacial score (nSPS) is 11.0. The van der Waals surface area contributed by atoms with Gasteiger partial charge in [-0.1, -0.05) is 72.1 Å². The van der Waals surface area contributed by atoms with E-state index in [1.54, 1.807) is 0 Å². The number of hydrogen-bond acceptors (Lipinski definition) is 3. The minimum Gasteiger partial charge on any atom is -0.512 e. The van der Waals surface area contributed by atoms with Crippen LogP contribution in [0.1, 0.15) is 13.8 Å². The number of fused-ring (bicyclic) bond motifs is 4. The maximum absolute atomic E-state index is 10.0. The van der Waals surface area contributed by atoms with Crippen molar-refractivity contribution in [3.8, 4) is 11.3 Å². The second-order valence-electron chi connectivity index (χ2n) is 7.36. The van der Waals surface area contributed by atoms with Gasteiger partial charge in [-0.25, -0.2) is 0 Å². The molecule has 0 saturated carbocycles. The number of pyridine rings is 1. The minimum absolute atomic E-state index is 0. The van der Waals surface area contributed by atoms with Crippen molar-refractivity contribution in [2.45, 2.75) is 13.8 Å². The molecule has 0 aliphatic rings. The summed E-state index contributed by atoms with van der Waals surface area (Å²) in [5.41, 5.74) is 3.09. The fourth-order valence-corrected chi connectivity index (χ4v) is 3.75. The molecule has 1 radical (unpaired) electrons. The van der Waals surface area contributed by atoms with Crippen LogP contribution in [0.25, 0.3) is 43.7 Å². The average Bonchev–Trinajstić information content (AvgIpc) is 2.78. The SMILES string of the molecule is CC(=O)/C=C(/C)O.[Ir].[c-]1ccc2ccccc2c1-c1nc2ccccc2c2ccccc12. The molecular weight excluding hydrogens is 575 g/mol. The molecule has 0 atom stereocenters. The van der Waals surface area contributed by atoms with Crippen LogP contribution in [0.15, 0.2) is 96.8 Å². The van der Waals surface area contributed by atoms with Crippen LogP contribution in [0.2, 0.25) is 0 Å². The Kier molecular flexibility index (Phi) is 7.53. The van der Waals surface area contributed by atoms with E-state index in [9.17, 15) is 4.79 Å². The maximum atomic E-state index is 10.0. The summed E-state index contributed by atoms with van der Waals surface area (Å²) in [6, 6.07) is 32.8. The first-order valence-electron chi connectivity index (χ1n) is 10.1. The molecule has 1 aromatic heterocycles. The molecule has 1 N–H and O–H groups in total. The number of carbonyl (C=O) groups excluding carboxylic acids is 1. The third kappa shape index (κ3) is 4.94. The number of ketones is 1. The van der Waals surface area contributed by atoms with Crippen LogP contribution in [-0.4, -0.2) is 15.9 Å². The number of hydrogen-bond donors (Lipinski definition) is 1. The van der Waals surface area contributed by atoms with Crippen LogP contribution in [0, 0.1) is 6.07 Å². The zero-order chi connectivity index (χ0) is 21.8. The molecule has 0 spiro atoms. The molecule has 161 valence electrons. The summed E-state index contributed by atoms with van der Waals surface area (Å²) in [4.78, 5) is 15.0. The van der Waals surface area contributed by atoms with E-state index in [2.05, 4.69) is 78.9 Å². The number of carbonyl (C=O) groups is 1. The van der Waals surface area contributed by atoms with Crippen molar-refractivity contribution in [3.05, 3.63) is 103 Å². The predicted molar refractivity (Wildman–Crippen MR) is 128 cm³/mol. The number of benzene rings is 4. The van der Waals surface area contributed by atoms with Gasteiger partial charge in [0.05, 0.1) is 11.3 Å². The quantitative estimate of drug-likeness (QED) is 0.103. The fraction of sp³-hybridized carbons (Fsp3) is 0.0714. The number of nitrogens with zero attached hydrogens (tertiary/aromatic N) is 1. The van der Waals surface area contributed by atoms with E-state index in [1.165, 1.54) is 46.9 Å². The van der Waals surface area contributed by atoms with Gasteiger partial charge in [0, 0.05) is 31.6 Å². The van der Waals surface area contributed by atoms with Crippen LogP contribution < -0.4 is 0 Å². The van der Waals surface area contributed by atoms with Gasteiger partial charge in [0.25, 0.3) is 0 Å². The number of aliphatic hydroxyl groups is 1. The van der Waals surface area contributed by atoms with Gasteiger partial charge in [-0.05, 0) is 36.4 Å². The number of para-hydroxylation sites is 1. The summed E-state index contributed by atoms with van der Waals surface area (Å²) in [5, 5.41) is 14.4. The second-order valence-corrected chi connectivity index (χ2v) is 7.36. The van der Waals surface area contributed by atoms with Crippen LogP contribution in [0.3, 0.4) is 0 Å². The van der Waals surface area contributed by atoms with Crippen LogP contribution in [-0.2, 0) is 24.9 Å². The Bertz CT molecular complexity index is 1430. The molecule has 0 unspecified atom stereocenters. The Morgan fingerprint density at radius 2 is 1.41 bits per heavy atom. The summed E-state index contributed by atoms with van der Waals surface area (Å²) >= 11 is 0. The van der Waals surface area contributed by atoms with Crippen LogP contribution in [0.5, 0.6) is 0 Å². The van der Waals surface area contributed by atoms with Gasteiger partial charge in [-0.2, -0.15) is 0 Å². The molecule has 32 heavy (non-hydrogen) atoms. The minimum atomic E-state index is -0.125. The first-order chi connectivity index (χ1) is 15.0. The summed E-state index contributed by atoms with van der Waals surface area (Å²) in [6.07, 6.45) is 1.17. The Morgan fingerprint density at radius 3 is 2.06 bits per heavy atom. The molecule has 4 aromatic carbocycles. The second kappa shape index (κ2) is 10.3. The number of aliphatic hydroxyl groups excluding tert-OH is 1. The van der Waals surface area contributed by atoms with Crippen molar-refractivity contribution in [1.82, 2.24) is 4.98 Å². The average molecular weight is 597 g/mol. The van der Waals surface area contributed by atoms with Crippen molar-refractivity contribution in [1.29, 1.82) is 0 Å². The maximum Gasteiger partial charge on any atom is 0.155 e. The molecule has 0 fully saturated rings. The number of rotatable bonds is 2. The Labute approximate surface area is 200 Å². The number of allylic oxidation sites excluding steroid dienone is 2. The third-order valence-electron chi connectivity index (χ3n) is 4.98. The summed E-state index contributed by atoms with van der Waals surface area (Å²) in [6.45, 7) is 2.85. The largest absolute Gasteiger partial charge is 0.512 e. The van der Waals surface area contributed by atoms with E-state index in [4.69, 9.17) is 10.1 Å². The summed E-state index contributed by atoms with van der Waals surface area (Å²) in [5.74, 6) is -0.0625. The van der Waals surface area contributed by atoms with Crippen molar-refractivity contribution >= 4 is 38.2 Å². The third-order valence-corrected chi connectivity index (χ3v) is 4.98. The Hall–Kier alpha value is -3.33. The van der Waals surface area contributed by atoms with Gasteiger partial charge in [0.2, 0.25) is 0 Å². The van der Waals surface area contributed by atoms with Crippen LogP contribution in [0.4, 0.5) is 0 Å². The molecule has 0 aliphatic heterocycles. The van der Waals surface area contributed by atoms with Gasteiger partial charge in [-0.15, -0.1) is 29.1 Å². The predicted octanol–water partition coefficient (Wildman–Crippen LogP) is 7.04. The van der Waals surface area contributed by atoms with E-state index >= 15 is 0 Å². The van der Waals surface area contributed by atoms with Crippen molar-refractivity contribution in [3.63, 3.8) is 0 Å². The molecule has 0 amide bonds. The van der Waals surface area contributed by atoms with E-state index in [-0.39, 0.29) is 31.6 Å². The fourth-order valence-electron chi connectivity index (χ4n) is 3.75. The first-order valence-corrected chi connectivity index (χ1v) is 10.1. The van der Waals surface area contributed by atoms with Crippen LogP contribution >= 0.6 is 0 Å². The van der Waals surface area contributed by atoms with Gasteiger partial charge < -0.3 is 5.11 Å². The molecule has 1 heterocycles. The zero-order valence-electron chi connectivity index (χ0n) is 17.8. The molecular formula is C28H22IrNO2-. The first kappa shape index (κ1) is 23.3. The summed E-state index contributed by atoms with van der Waals surface area (Å²) < 4.78 is 0. The van der Waals surface area contributed by atoms with E-state index in [0.29, 0.717) is 0 Å². The topological polar surface area (TPSA) is 50.2 Å². The Morgan fingerprint density at radius 1 is 0.812 bits per heavy atom. The molecule has 0 aliphatic carbocycles. The van der Waals surface area contributed by atoms with Gasteiger partial charge in [-0.3, -0.25) is 9.78 Å². The van der Waals surface area contributed by atoms with Gasteiger partial charge >= 0.3 is 0 Å². The monoisotopic (exact) mass is 597 g/mol. The van der Waals surface area contributed by atoms with E-state index < -0.39 is 0 Å². The molecule has 5 rings (SSSR count). The molecule has 0 bridgehead atoms. The zero-order valence-corrected chi connectivity index (χ0v) is 20.2. The summed E-state index contributed by atoms with van der Waals surface area (Å²) in [7, 11) is 0. The van der Waals surface area contributed by atoms with Crippen molar-refractivity contribution < 1.29 is 30.0 Å². The smallest absolute Gasteiger partial charge is 0.155 e. The molecule has 5 aromatic rings. The molecule has 4 heteroatoms. The molecule has 3 nitrogen and oxygen atoms in total. The van der Waals surface area contributed by atoms with Crippen molar-refractivity contribution in [2.24, 2.45) is 0 Å². The van der Waals surface area contributed by atoms with E-state index in [0.717, 1.165) is 16.8 Å². The standard InChI is InChI=1S/C23H14N.C5H8O2.Ir/c1-2-10-17-16(8-1)9-7-14-20(17)23-21-13-4-3-11-18(21)19-12-5-6-15-22(19)24-23;1-4(6)3-5(2)7;/h1-13,15H;3,6H,1-2H3;/q-1;;/b;4-3-;. The van der Waals surface area contributed by atoms with Gasteiger partial charge in [0.15, 0.2) is 5.78 Å². The van der Waals surface area contributed by atoms with Crippen molar-refractivity contribution in [2.75, 3.05) is 0 Å². The number of aromatic nitrogens is 1. The molecule has 0 saturated heterocycles. The van der Waals surface area contributed by atoms with E-state index in [1.807, 2.05) is 12.1 Å².